The van der Waals surface area contributed by atoms with Gasteiger partial charge in [-0.2, -0.15) is 0 Å². The molecule has 0 aliphatic heterocycles. The van der Waals surface area contributed by atoms with Gasteiger partial charge in [-0.05, 0) is 47.4 Å². The molecule has 2 rings (SSSR count). The largest absolute Gasteiger partial charge is 0.491 e. The molecule has 2 aromatic carbocycles. The van der Waals surface area contributed by atoms with E-state index in [2.05, 4.69) is 20.8 Å². The smallest absolute Gasteiger partial charge is 0.253 e. The highest BCUT2D eigenvalue weighted by atomic mass is 35.5. The molecular formula is C21H26ClNO3. The van der Waals surface area contributed by atoms with Crippen molar-refractivity contribution in [3.63, 3.8) is 0 Å². The van der Waals surface area contributed by atoms with Crippen LogP contribution in [0.3, 0.4) is 0 Å². The molecule has 5 heteroatoms. The molecule has 0 aromatic heterocycles. The van der Waals surface area contributed by atoms with E-state index in [1.54, 1.807) is 31.3 Å². The molecular weight excluding hydrogens is 350 g/mol. The fourth-order valence-electron chi connectivity index (χ4n) is 2.51. The Morgan fingerprint density at radius 2 is 1.69 bits per heavy atom. The van der Waals surface area contributed by atoms with Crippen LogP contribution < -0.4 is 4.74 Å². The molecule has 26 heavy (non-hydrogen) atoms. The Morgan fingerprint density at radius 3 is 2.23 bits per heavy atom. The van der Waals surface area contributed by atoms with Crippen molar-refractivity contribution in [1.29, 1.82) is 0 Å². The van der Waals surface area contributed by atoms with Gasteiger partial charge in [0.1, 0.15) is 18.5 Å². The van der Waals surface area contributed by atoms with Gasteiger partial charge in [0.05, 0.1) is 0 Å². The number of aliphatic hydroxyl groups is 1. The maximum Gasteiger partial charge on any atom is 0.253 e. The van der Waals surface area contributed by atoms with Crippen LogP contribution in [-0.2, 0) is 5.41 Å². The fraction of sp³-hybridized carbons (Fsp3) is 0.381. The summed E-state index contributed by atoms with van der Waals surface area (Å²) in [6.07, 6.45) is -0.779. The molecule has 0 spiro atoms. The maximum atomic E-state index is 12.3. The number of hydrogen-bond acceptors (Lipinski definition) is 3. The number of ether oxygens (including phenoxy) is 1. The van der Waals surface area contributed by atoms with Gasteiger partial charge >= 0.3 is 0 Å². The van der Waals surface area contributed by atoms with Gasteiger partial charge in [-0.25, -0.2) is 0 Å². The summed E-state index contributed by atoms with van der Waals surface area (Å²) < 4.78 is 5.63. The second kappa shape index (κ2) is 8.56. The van der Waals surface area contributed by atoms with E-state index in [4.69, 9.17) is 16.3 Å². The zero-order valence-corrected chi connectivity index (χ0v) is 16.5. The lowest BCUT2D eigenvalue weighted by Crippen LogP contribution is -2.37. The topological polar surface area (TPSA) is 49.8 Å². The van der Waals surface area contributed by atoms with Crippen LogP contribution in [0.2, 0.25) is 5.02 Å². The Bertz CT molecular complexity index is 720. The molecule has 0 radical (unpaired) electrons. The van der Waals surface area contributed by atoms with Gasteiger partial charge in [-0.15, -0.1) is 0 Å². The van der Waals surface area contributed by atoms with Crippen molar-refractivity contribution in [2.75, 3.05) is 20.2 Å². The average molecular weight is 376 g/mol. The molecule has 0 saturated carbocycles. The van der Waals surface area contributed by atoms with Crippen molar-refractivity contribution >= 4 is 17.5 Å². The highest BCUT2D eigenvalue weighted by Gasteiger charge is 2.17. The zero-order valence-electron chi connectivity index (χ0n) is 15.7. The lowest BCUT2D eigenvalue weighted by molar-refractivity contribution is 0.0563. The van der Waals surface area contributed by atoms with E-state index in [-0.39, 0.29) is 24.5 Å². The van der Waals surface area contributed by atoms with E-state index in [1.165, 1.54) is 10.5 Å². The summed E-state index contributed by atoms with van der Waals surface area (Å²) in [6, 6.07) is 14.5. The zero-order chi connectivity index (χ0) is 19.3. The van der Waals surface area contributed by atoms with Crippen molar-refractivity contribution in [3.8, 4) is 5.75 Å². The van der Waals surface area contributed by atoms with Crippen LogP contribution in [0.1, 0.15) is 36.7 Å². The summed E-state index contributed by atoms with van der Waals surface area (Å²) in [5, 5.41) is 10.7. The fourth-order valence-corrected chi connectivity index (χ4v) is 2.63. The Balaban J connectivity index is 1.85. The van der Waals surface area contributed by atoms with E-state index in [9.17, 15) is 9.90 Å². The summed E-state index contributed by atoms with van der Waals surface area (Å²) in [5.41, 5.74) is 1.84. The SMILES string of the molecule is CN(C[C@H](O)COc1ccc(C(C)(C)C)cc1)C(=O)c1ccc(Cl)cc1. The molecule has 0 saturated heterocycles. The normalized spacial score (nSPS) is 12.5. The Hall–Kier alpha value is -2.04. The Labute approximate surface area is 160 Å². The number of likely N-dealkylation sites (N-methyl/N-ethyl adjacent to an activating group) is 1. The second-order valence-electron chi connectivity index (χ2n) is 7.43. The number of amides is 1. The molecule has 0 unspecified atom stereocenters. The number of nitrogens with zero attached hydrogens (tertiary/aromatic N) is 1. The lowest BCUT2D eigenvalue weighted by Gasteiger charge is -2.22. The quantitative estimate of drug-likeness (QED) is 0.825. The molecule has 4 nitrogen and oxygen atoms in total. The molecule has 0 heterocycles. The lowest BCUT2D eigenvalue weighted by atomic mass is 9.87. The summed E-state index contributed by atoms with van der Waals surface area (Å²) in [5.74, 6) is 0.527. The molecule has 2 aromatic rings. The van der Waals surface area contributed by atoms with Crippen LogP contribution in [0, 0.1) is 0 Å². The van der Waals surface area contributed by atoms with Gasteiger partial charge in [0.2, 0.25) is 0 Å². The maximum absolute atomic E-state index is 12.3. The first-order valence-electron chi connectivity index (χ1n) is 8.59. The van der Waals surface area contributed by atoms with Crippen molar-refractivity contribution in [3.05, 3.63) is 64.7 Å². The van der Waals surface area contributed by atoms with Crippen LogP contribution >= 0.6 is 11.6 Å². The predicted molar refractivity (Wildman–Crippen MR) is 105 cm³/mol. The predicted octanol–water partition coefficient (Wildman–Crippen LogP) is 4.15. The number of carbonyl (C=O) groups excluding carboxylic acids is 1. The summed E-state index contributed by atoms with van der Waals surface area (Å²) >= 11 is 5.83. The van der Waals surface area contributed by atoms with Gasteiger partial charge in [0, 0.05) is 24.2 Å². The third kappa shape index (κ3) is 5.75. The molecule has 0 fully saturated rings. The molecule has 0 aliphatic rings. The number of benzene rings is 2. The monoisotopic (exact) mass is 375 g/mol. The molecule has 0 bridgehead atoms. The van der Waals surface area contributed by atoms with Gasteiger partial charge in [-0.3, -0.25) is 4.79 Å². The van der Waals surface area contributed by atoms with Crippen molar-refractivity contribution in [2.24, 2.45) is 0 Å². The highest BCUT2D eigenvalue weighted by Crippen LogP contribution is 2.24. The van der Waals surface area contributed by atoms with E-state index in [0.717, 1.165) is 0 Å². The highest BCUT2D eigenvalue weighted by molar-refractivity contribution is 6.30. The van der Waals surface area contributed by atoms with Crippen molar-refractivity contribution < 1.29 is 14.6 Å². The number of hydrogen-bond donors (Lipinski definition) is 1. The third-order valence-corrected chi connectivity index (χ3v) is 4.34. The molecule has 1 atom stereocenters. The van der Waals surface area contributed by atoms with Gasteiger partial charge in [-0.1, -0.05) is 44.5 Å². The minimum atomic E-state index is -0.779. The number of rotatable bonds is 6. The minimum absolute atomic E-state index is 0.0861. The van der Waals surface area contributed by atoms with Crippen LogP contribution in [0.25, 0.3) is 0 Å². The first kappa shape index (κ1) is 20.3. The number of carbonyl (C=O) groups is 1. The minimum Gasteiger partial charge on any atom is -0.491 e. The van der Waals surface area contributed by atoms with Gasteiger partial charge in [0.15, 0.2) is 0 Å². The van der Waals surface area contributed by atoms with Gasteiger partial charge < -0.3 is 14.7 Å². The average Bonchev–Trinajstić information content (AvgIpc) is 2.59. The first-order chi connectivity index (χ1) is 12.2. The summed E-state index contributed by atoms with van der Waals surface area (Å²) in [6.45, 7) is 6.76. The van der Waals surface area contributed by atoms with Crippen LogP contribution in [0.5, 0.6) is 5.75 Å². The van der Waals surface area contributed by atoms with Crippen LogP contribution in [0.4, 0.5) is 0 Å². The van der Waals surface area contributed by atoms with Crippen LogP contribution in [0.15, 0.2) is 48.5 Å². The third-order valence-electron chi connectivity index (χ3n) is 4.09. The van der Waals surface area contributed by atoms with E-state index < -0.39 is 6.10 Å². The standard InChI is InChI=1S/C21H26ClNO3/c1-21(2,3)16-7-11-19(12-8-16)26-14-18(24)13-23(4)20(25)15-5-9-17(22)10-6-15/h5-12,18,24H,13-14H2,1-4H3/t18-/m0/s1. The van der Waals surface area contributed by atoms with Crippen LogP contribution in [-0.4, -0.2) is 42.2 Å². The molecule has 0 aliphatic carbocycles. The van der Waals surface area contributed by atoms with E-state index >= 15 is 0 Å². The number of halogens is 1. The molecule has 140 valence electrons. The Kier molecular flexibility index (Phi) is 6.68. The van der Waals surface area contributed by atoms with Gasteiger partial charge in [0.25, 0.3) is 5.91 Å². The second-order valence-corrected chi connectivity index (χ2v) is 7.87. The Morgan fingerprint density at radius 1 is 1.12 bits per heavy atom. The summed E-state index contributed by atoms with van der Waals surface area (Å²) in [4.78, 5) is 13.8. The van der Waals surface area contributed by atoms with Crippen molar-refractivity contribution in [2.45, 2.75) is 32.3 Å². The molecule has 1 N–H and O–H groups in total. The number of aliphatic hydroxyl groups excluding tert-OH is 1. The molecule has 1 amide bonds. The summed E-state index contributed by atoms with van der Waals surface area (Å²) in [7, 11) is 1.65. The van der Waals surface area contributed by atoms with E-state index in [1.807, 2.05) is 24.3 Å². The first-order valence-corrected chi connectivity index (χ1v) is 8.97. The van der Waals surface area contributed by atoms with Crippen molar-refractivity contribution in [1.82, 2.24) is 4.90 Å². The van der Waals surface area contributed by atoms with E-state index in [0.29, 0.717) is 16.3 Å².